The van der Waals surface area contributed by atoms with Gasteiger partial charge in [0.1, 0.15) is 5.82 Å². The third-order valence-corrected chi connectivity index (χ3v) is 5.36. The molecule has 0 unspecified atom stereocenters. The molecule has 4 amide bonds. The first-order chi connectivity index (χ1) is 14.0. The van der Waals surface area contributed by atoms with Gasteiger partial charge in [-0.25, -0.2) is 14.1 Å². The van der Waals surface area contributed by atoms with E-state index in [0.29, 0.717) is 13.1 Å². The molecule has 0 bridgehead atoms. The van der Waals surface area contributed by atoms with Crippen molar-refractivity contribution in [1.82, 2.24) is 9.80 Å². The van der Waals surface area contributed by atoms with E-state index in [2.05, 4.69) is 4.90 Å². The van der Waals surface area contributed by atoms with Gasteiger partial charge in [0.05, 0.1) is 32.7 Å². The highest BCUT2D eigenvalue weighted by molar-refractivity contribution is 6.44. The second kappa shape index (κ2) is 8.00. The molecule has 2 aliphatic heterocycles. The monoisotopic (exact) mass is 397 g/mol. The molecule has 8 heteroatoms. The van der Waals surface area contributed by atoms with Gasteiger partial charge >= 0.3 is 17.8 Å². The average molecular weight is 397 g/mol. The maximum atomic E-state index is 13.1. The molecule has 0 spiro atoms. The van der Waals surface area contributed by atoms with E-state index in [1.54, 1.807) is 12.1 Å². The van der Waals surface area contributed by atoms with Crippen LogP contribution in [-0.4, -0.2) is 60.5 Å². The van der Waals surface area contributed by atoms with E-state index in [-0.39, 0.29) is 19.0 Å². The standard InChI is InChI=1S/C21H21FN4O3/c22-17-6-8-18(9-7-17)24-12-10-23(11-13-24)15-26-20(28)19(27)25(21(26)29)14-16-4-2-1-3-5-16/h1-9H,10-15H2/p+1. The Morgan fingerprint density at radius 1 is 0.828 bits per heavy atom. The third kappa shape index (κ3) is 3.97. The zero-order valence-corrected chi connectivity index (χ0v) is 15.9. The number of urea groups is 1. The lowest BCUT2D eigenvalue weighted by molar-refractivity contribution is -0.907. The summed E-state index contributed by atoms with van der Waals surface area (Å²) in [5, 5.41) is 0. The molecule has 2 aromatic carbocycles. The van der Waals surface area contributed by atoms with Crippen molar-refractivity contribution in [2.24, 2.45) is 0 Å². The number of quaternary nitrogens is 1. The summed E-state index contributed by atoms with van der Waals surface area (Å²) in [7, 11) is 0. The molecular weight excluding hydrogens is 375 g/mol. The van der Waals surface area contributed by atoms with Crippen LogP contribution in [0.2, 0.25) is 0 Å². The van der Waals surface area contributed by atoms with Crippen molar-refractivity contribution in [2.45, 2.75) is 6.54 Å². The van der Waals surface area contributed by atoms with Crippen LogP contribution in [-0.2, 0) is 16.1 Å². The molecule has 2 saturated heterocycles. The number of carbonyl (C=O) groups is 3. The summed E-state index contributed by atoms with van der Waals surface area (Å²) in [5.74, 6) is -1.81. The van der Waals surface area contributed by atoms with Gasteiger partial charge in [-0.15, -0.1) is 0 Å². The summed E-state index contributed by atoms with van der Waals surface area (Å²) in [6.45, 7) is 3.13. The first-order valence-electron chi connectivity index (χ1n) is 9.58. The minimum absolute atomic E-state index is 0.0917. The molecule has 0 atom stereocenters. The highest BCUT2D eigenvalue weighted by Crippen LogP contribution is 2.16. The zero-order valence-electron chi connectivity index (χ0n) is 15.9. The quantitative estimate of drug-likeness (QED) is 0.589. The molecule has 0 saturated carbocycles. The molecule has 0 radical (unpaired) electrons. The predicted octanol–water partition coefficient (Wildman–Crippen LogP) is 0.479. The molecule has 2 aliphatic rings. The number of nitrogens with zero attached hydrogens (tertiary/aromatic N) is 3. The van der Waals surface area contributed by atoms with Gasteiger partial charge in [0.2, 0.25) is 0 Å². The fourth-order valence-electron chi connectivity index (χ4n) is 3.71. The van der Waals surface area contributed by atoms with Crippen LogP contribution in [0.25, 0.3) is 0 Å². The highest BCUT2D eigenvalue weighted by atomic mass is 19.1. The minimum Gasteiger partial charge on any atom is -0.360 e. The van der Waals surface area contributed by atoms with E-state index in [1.807, 2.05) is 30.3 Å². The van der Waals surface area contributed by atoms with Gasteiger partial charge in [-0.2, -0.15) is 0 Å². The molecule has 2 fully saturated rings. The van der Waals surface area contributed by atoms with Crippen LogP contribution in [0.3, 0.4) is 0 Å². The maximum Gasteiger partial charge on any atom is 0.339 e. The smallest absolute Gasteiger partial charge is 0.339 e. The van der Waals surface area contributed by atoms with Crippen molar-refractivity contribution in [3.8, 4) is 0 Å². The number of benzene rings is 2. The Bertz CT molecular complexity index is 911. The second-order valence-electron chi connectivity index (χ2n) is 7.26. The van der Waals surface area contributed by atoms with Gasteiger partial charge in [-0.05, 0) is 29.8 Å². The van der Waals surface area contributed by atoms with Crippen molar-refractivity contribution in [3.63, 3.8) is 0 Å². The van der Waals surface area contributed by atoms with E-state index in [4.69, 9.17) is 0 Å². The summed E-state index contributed by atoms with van der Waals surface area (Å²) in [5.41, 5.74) is 1.74. The van der Waals surface area contributed by atoms with Gasteiger partial charge in [0.15, 0.2) is 6.67 Å². The van der Waals surface area contributed by atoms with Crippen LogP contribution >= 0.6 is 0 Å². The number of piperazine rings is 1. The highest BCUT2D eigenvalue weighted by Gasteiger charge is 2.46. The van der Waals surface area contributed by atoms with Gasteiger partial charge in [-0.1, -0.05) is 30.3 Å². The first-order valence-corrected chi connectivity index (χ1v) is 9.58. The van der Waals surface area contributed by atoms with Crippen LogP contribution in [0.1, 0.15) is 5.56 Å². The molecule has 29 heavy (non-hydrogen) atoms. The Morgan fingerprint density at radius 2 is 1.45 bits per heavy atom. The minimum atomic E-state index is -0.775. The Balaban J connectivity index is 1.36. The Labute approximate surface area is 167 Å². The summed E-state index contributed by atoms with van der Waals surface area (Å²) in [4.78, 5) is 42.6. The molecule has 0 aliphatic carbocycles. The Hall–Kier alpha value is -3.26. The lowest BCUT2D eigenvalue weighted by Crippen LogP contribution is -3.16. The number of rotatable bonds is 5. The van der Waals surface area contributed by atoms with Crippen molar-refractivity contribution in [2.75, 3.05) is 37.7 Å². The fraction of sp³-hybridized carbons (Fsp3) is 0.286. The Morgan fingerprint density at radius 3 is 2.10 bits per heavy atom. The van der Waals surface area contributed by atoms with Crippen molar-refractivity contribution < 1.29 is 23.7 Å². The van der Waals surface area contributed by atoms with E-state index >= 15 is 0 Å². The lowest BCUT2D eigenvalue weighted by atomic mass is 10.2. The van der Waals surface area contributed by atoms with Gasteiger partial charge in [0.25, 0.3) is 0 Å². The maximum absolute atomic E-state index is 13.1. The number of halogens is 1. The van der Waals surface area contributed by atoms with E-state index in [0.717, 1.165) is 39.0 Å². The fourth-order valence-corrected chi connectivity index (χ4v) is 3.71. The van der Waals surface area contributed by atoms with Crippen molar-refractivity contribution in [1.29, 1.82) is 0 Å². The first kappa shape index (κ1) is 19.1. The largest absolute Gasteiger partial charge is 0.360 e. The summed E-state index contributed by atoms with van der Waals surface area (Å²) in [6.07, 6.45) is 0. The molecule has 7 nitrogen and oxygen atoms in total. The number of imide groups is 2. The summed E-state index contributed by atoms with van der Waals surface area (Å²) >= 11 is 0. The van der Waals surface area contributed by atoms with Crippen molar-refractivity contribution >= 4 is 23.5 Å². The van der Waals surface area contributed by atoms with Crippen LogP contribution in [0, 0.1) is 5.82 Å². The number of carbonyl (C=O) groups excluding carboxylic acids is 3. The SMILES string of the molecule is O=C1C(=O)N(C[NH+]2CCN(c3ccc(F)cc3)CC2)C(=O)N1Cc1ccccc1. The summed E-state index contributed by atoms with van der Waals surface area (Å²) < 4.78 is 13.1. The molecule has 0 aromatic heterocycles. The predicted molar refractivity (Wildman–Crippen MR) is 103 cm³/mol. The second-order valence-corrected chi connectivity index (χ2v) is 7.26. The van der Waals surface area contributed by atoms with Gasteiger partial charge in [0, 0.05) is 5.69 Å². The van der Waals surface area contributed by atoms with Gasteiger partial charge in [-0.3, -0.25) is 14.5 Å². The molecule has 2 aromatic rings. The number of hydrogen-bond acceptors (Lipinski definition) is 4. The summed E-state index contributed by atoms with van der Waals surface area (Å²) in [6, 6.07) is 14.9. The van der Waals surface area contributed by atoms with Crippen LogP contribution in [0.4, 0.5) is 14.9 Å². The molecule has 2 heterocycles. The number of hydrogen-bond donors (Lipinski definition) is 1. The molecule has 150 valence electrons. The van der Waals surface area contributed by atoms with E-state index in [9.17, 15) is 18.8 Å². The topological polar surface area (TPSA) is 65.4 Å². The Kier molecular flexibility index (Phi) is 5.26. The molecule has 4 rings (SSSR count). The number of anilines is 1. The normalized spacial score (nSPS) is 18.1. The molecule has 1 N–H and O–H groups in total. The lowest BCUT2D eigenvalue weighted by Gasteiger charge is -2.34. The van der Waals surface area contributed by atoms with Crippen LogP contribution < -0.4 is 9.80 Å². The van der Waals surface area contributed by atoms with Crippen molar-refractivity contribution in [3.05, 3.63) is 66.0 Å². The zero-order chi connectivity index (χ0) is 20.4. The molecular formula is C21H22FN4O3+. The van der Waals surface area contributed by atoms with E-state index < -0.39 is 17.8 Å². The van der Waals surface area contributed by atoms with Crippen LogP contribution in [0.15, 0.2) is 54.6 Å². The third-order valence-electron chi connectivity index (χ3n) is 5.36. The van der Waals surface area contributed by atoms with Crippen LogP contribution in [0.5, 0.6) is 0 Å². The van der Waals surface area contributed by atoms with Gasteiger partial charge < -0.3 is 9.80 Å². The number of amides is 4. The average Bonchev–Trinajstić information content (AvgIpc) is 2.94. The van der Waals surface area contributed by atoms with E-state index in [1.165, 1.54) is 12.1 Å². The number of nitrogens with one attached hydrogen (secondary N) is 1.